The number of aliphatic carboxylic acids is 1. The molecule has 2 N–H and O–H groups in total. The van der Waals surface area contributed by atoms with Crippen molar-refractivity contribution in [3.8, 4) is 6.07 Å². The van der Waals surface area contributed by atoms with Gasteiger partial charge in [0, 0.05) is 6.42 Å². The van der Waals surface area contributed by atoms with Crippen molar-refractivity contribution in [1.29, 1.82) is 5.26 Å². The molecule has 5 nitrogen and oxygen atoms in total. The predicted octanol–water partition coefficient (Wildman–Crippen LogP) is 1.60. The summed E-state index contributed by atoms with van der Waals surface area (Å²) in [7, 11) is 0. The van der Waals surface area contributed by atoms with Crippen molar-refractivity contribution in [2.24, 2.45) is 0 Å². The number of nitrogens with zero attached hydrogens (tertiary/aromatic N) is 1. The highest BCUT2D eigenvalue weighted by molar-refractivity contribution is 5.80. The van der Waals surface area contributed by atoms with E-state index in [1.807, 2.05) is 6.07 Å². The fourth-order valence-corrected chi connectivity index (χ4v) is 1.46. The number of hydrogen-bond donors (Lipinski definition) is 2. The van der Waals surface area contributed by atoms with Crippen LogP contribution in [0.15, 0.2) is 24.3 Å². The molecule has 0 heterocycles. The lowest BCUT2D eigenvalue weighted by molar-refractivity contribution is -0.138. The molecule has 1 unspecified atom stereocenters. The van der Waals surface area contributed by atoms with E-state index in [1.54, 1.807) is 31.2 Å². The molecule has 0 aliphatic rings. The Morgan fingerprint density at radius 3 is 2.44 bits per heavy atom. The second-order valence-corrected chi connectivity index (χ2v) is 3.92. The summed E-state index contributed by atoms with van der Waals surface area (Å²) in [6.45, 7) is 1.81. The maximum atomic E-state index is 11.4. The summed E-state index contributed by atoms with van der Waals surface area (Å²) >= 11 is 0. The highest BCUT2D eigenvalue weighted by Gasteiger charge is 2.10. The molecule has 0 aliphatic heterocycles. The van der Waals surface area contributed by atoms with Gasteiger partial charge >= 0.3 is 5.97 Å². The Morgan fingerprint density at radius 1 is 1.33 bits per heavy atom. The summed E-state index contributed by atoms with van der Waals surface area (Å²) in [4.78, 5) is 21.7. The Hall–Kier alpha value is -2.35. The summed E-state index contributed by atoms with van der Waals surface area (Å²) in [5.74, 6) is -1.29. The minimum Gasteiger partial charge on any atom is -0.481 e. The Bertz CT molecular complexity index is 474. The molecule has 1 rings (SSSR count). The molecule has 0 aliphatic carbocycles. The van der Waals surface area contributed by atoms with E-state index in [0.29, 0.717) is 5.56 Å². The number of nitrogens with one attached hydrogen (secondary N) is 1. The van der Waals surface area contributed by atoms with Gasteiger partial charge in [-0.15, -0.1) is 0 Å². The number of hydrogen-bond acceptors (Lipinski definition) is 3. The van der Waals surface area contributed by atoms with Gasteiger partial charge < -0.3 is 10.4 Å². The molecule has 1 amide bonds. The normalized spacial score (nSPS) is 11.3. The minimum atomic E-state index is -0.990. The van der Waals surface area contributed by atoms with E-state index >= 15 is 0 Å². The van der Waals surface area contributed by atoms with E-state index in [9.17, 15) is 9.59 Å². The number of carbonyl (C=O) groups is 2. The molecule has 0 saturated heterocycles. The standard InChI is InChI=1S/C13H14N2O3/c1-9(15-12(16)6-7-13(17)18)11-4-2-10(8-14)3-5-11/h2-5,9H,6-7H2,1H3,(H,15,16)(H,17,18). The lowest BCUT2D eigenvalue weighted by atomic mass is 10.1. The smallest absolute Gasteiger partial charge is 0.303 e. The van der Waals surface area contributed by atoms with Crippen LogP contribution in [0.2, 0.25) is 0 Å². The number of rotatable bonds is 5. The van der Waals surface area contributed by atoms with Gasteiger partial charge in [-0.2, -0.15) is 5.26 Å². The molecule has 0 fully saturated rings. The fraction of sp³-hybridized carbons (Fsp3) is 0.308. The first-order valence-electron chi connectivity index (χ1n) is 5.54. The van der Waals surface area contributed by atoms with Crippen LogP contribution in [0.25, 0.3) is 0 Å². The average molecular weight is 246 g/mol. The monoisotopic (exact) mass is 246 g/mol. The van der Waals surface area contributed by atoms with Gasteiger partial charge in [0.05, 0.1) is 24.1 Å². The molecule has 0 radical (unpaired) electrons. The summed E-state index contributed by atoms with van der Waals surface area (Å²) in [6.07, 6.45) is -0.206. The molecular weight excluding hydrogens is 232 g/mol. The van der Waals surface area contributed by atoms with Crippen LogP contribution >= 0.6 is 0 Å². The molecule has 0 spiro atoms. The van der Waals surface area contributed by atoms with Crippen molar-refractivity contribution in [3.05, 3.63) is 35.4 Å². The van der Waals surface area contributed by atoms with Crippen LogP contribution in [0.5, 0.6) is 0 Å². The van der Waals surface area contributed by atoms with Gasteiger partial charge in [-0.05, 0) is 24.6 Å². The van der Waals surface area contributed by atoms with E-state index in [2.05, 4.69) is 5.32 Å². The van der Waals surface area contributed by atoms with Gasteiger partial charge in [0.2, 0.25) is 5.91 Å². The van der Waals surface area contributed by atoms with Gasteiger partial charge in [0.25, 0.3) is 0 Å². The van der Waals surface area contributed by atoms with E-state index in [0.717, 1.165) is 5.56 Å². The first-order chi connectivity index (χ1) is 8.52. The van der Waals surface area contributed by atoms with E-state index in [1.165, 1.54) is 0 Å². The van der Waals surface area contributed by atoms with Gasteiger partial charge in [0.15, 0.2) is 0 Å². The molecule has 1 atom stereocenters. The van der Waals surface area contributed by atoms with Gasteiger partial charge in [-0.1, -0.05) is 12.1 Å². The first kappa shape index (κ1) is 13.7. The molecular formula is C13H14N2O3. The quantitative estimate of drug-likeness (QED) is 0.825. The lowest BCUT2D eigenvalue weighted by Crippen LogP contribution is -2.26. The Labute approximate surface area is 105 Å². The molecule has 18 heavy (non-hydrogen) atoms. The predicted molar refractivity (Wildman–Crippen MR) is 64.6 cm³/mol. The minimum absolute atomic E-state index is 0.0318. The largest absolute Gasteiger partial charge is 0.481 e. The Balaban J connectivity index is 2.54. The van der Waals surface area contributed by atoms with Crippen LogP contribution < -0.4 is 5.32 Å². The van der Waals surface area contributed by atoms with Crippen molar-refractivity contribution in [1.82, 2.24) is 5.32 Å². The van der Waals surface area contributed by atoms with Crippen LogP contribution in [-0.2, 0) is 9.59 Å². The summed E-state index contributed by atoms with van der Waals surface area (Å²) in [5, 5.41) is 19.8. The highest BCUT2D eigenvalue weighted by atomic mass is 16.4. The topological polar surface area (TPSA) is 90.2 Å². The third-order valence-corrected chi connectivity index (χ3v) is 2.48. The molecule has 1 aromatic carbocycles. The molecule has 0 saturated carbocycles. The number of carboxylic acids is 1. The van der Waals surface area contributed by atoms with Crippen LogP contribution in [-0.4, -0.2) is 17.0 Å². The summed E-state index contributed by atoms with van der Waals surface area (Å²) in [5.41, 5.74) is 1.43. The van der Waals surface area contributed by atoms with Crippen molar-refractivity contribution >= 4 is 11.9 Å². The van der Waals surface area contributed by atoms with Crippen LogP contribution in [0, 0.1) is 11.3 Å². The Morgan fingerprint density at radius 2 is 1.94 bits per heavy atom. The van der Waals surface area contributed by atoms with Crippen molar-refractivity contribution in [2.75, 3.05) is 0 Å². The molecule has 0 bridgehead atoms. The van der Waals surface area contributed by atoms with Crippen LogP contribution in [0.1, 0.15) is 36.9 Å². The second-order valence-electron chi connectivity index (χ2n) is 3.92. The zero-order chi connectivity index (χ0) is 13.5. The van der Waals surface area contributed by atoms with Crippen molar-refractivity contribution in [2.45, 2.75) is 25.8 Å². The SMILES string of the molecule is CC(NC(=O)CCC(=O)O)c1ccc(C#N)cc1. The summed E-state index contributed by atoms with van der Waals surface area (Å²) in [6, 6.07) is 8.69. The third kappa shape index (κ3) is 4.26. The maximum absolute atomic E-state index is 11.4. The zero-order valence-corrected chi connectivity index (χ0v) is 10.0. The fourth-order valence-electron chi connectivity index (χ4n) is 1.46. The third-order valence-electron chi connectivity index (χ3n) is 2.48. The summed E-state index contributed by atoms with van der Waals surface area (Å²) < 4.78 is 0. The number of nitriles is 1. The second kappa shape index (κ2) is 6.40. The average Bonchev–Trinajstić information content (AvgIpc) is 2.36. The lowest BCUT2D eigenvalue weighted by Gasteiger charge is -2.13. The van der Waals surface area contributed by atoms with Gasteiger partial charge in [-0.25, -0.2) is 0 Å². The van der Waals surface area contributed by atoms with Gasteiger partial charge in [-0.3, -0.25) is 9.59 Å². The number of carboxylic acid groups (broad SMARTS) is 1. The zero-order valence-electron chi connectivity index (χ0n) is 10.0. The van der Waals surface area contributed by atoms with Crippen molar-refractivity contribution in [3.63, 3.8) is 0 Å². The molecule has 1 aromatic rings. The van der Waals surface area contributed by atoms with Crippen LogP contribution in [0.3, 0.4) is 0 Å². The number of carbonyl (C=O) groups excluding carboxylic acids is 1. The molecule has 0 aromatic heterocycles. The first-order valence-corrected chi connectivity index (χ1v) is 5.54. The van der Waals surface area contributed by atoms with Gasteiger partial charge in [0.1, 0.15) is 0 Å². The van der Waals surface area contributed by atoms with E-state index < -0.39 is 5.97 Å². The van der Waals surface area contributed by atoms with E-state index in [4.69, 9.17) is 10.4 Å². The molecule has 5 heteroatoms. The highest BCUT2D eigenvalue weighted by Crippen LogP contribution is 2.13. The Kier molecular flexibility index (Phi) is 4.88. The van der Waals surface area contributed by atoms with E-state index in [-0.39, 0.29) is 24.8 Å². The van der Waals surface area contributed by atoms with Crippen LogP contribution in [0.4, 0.5) is 0 Å². The maximum Gasteiger partial charge on any atom is 0.303 e. The van der Waals surface area contributed by atoms with Crippen molar-refractivity contribution < 1.29 is 14.7 Å². The number of benzene rings is 1. The molecule has 94 valence electrons. The number of amides is 1.